The van der Waals surface area contributed by atoms with Gasteiger partial charge in [0.1, 0.15) is 0 Å². The molecule has 0 aromatic carbocycles. The first-order valence-electron chi connectivity index (χ1n) is 17.4. The molecule has 0 atom stereocenters. The van der Waals surface area contributed by atoms with E-state index >= 15 is 0 Å². The molecule has 0 saturated carbocycles. The molecule has 0 saturated heterocycles. The Morgan fingerprint density at radius 1 is 0.348 bits per heavy atom. The molecule has 0 bridgehead atoms. The summed E-state index contributed by atoms with van der Waals surface area (Å²) in [4.78, 5) is 0. The van der Waals surface area contributed by atoms with Crippen molar-refractivity contribution in [3.8, 4) is 0 Å². The van der Waals surface area contributed by atoms with E-state index in [1.165, 1.54) is 0 Å². The van der Waals surface area contributed by atoms with E-state index in [0.717, 1.165) is 0 Å². The summed E-state index contributed by atoms with van der Waals surface area (Å²) in [6, 6.07) is 0. The Balaban J connectivity index is -0.000000329. The molecule has 0 nitrogen and oxygen atoms in total. The van der Waals surface area contributed by atoms with Gasteiger partial charge >= 0.3 is 28.0 Å². The van der Waals surface area contributed by atoms with Crippen LogP contribution in [0.4, 0.5) is 0 Å². The average Bonchev–Trinajstić information content (AvgIpc) is 2.77. The molecule has 0 fully saturated rings. The van der Waals surface area contributed by atoms with Gasteiger partial charge in [0.15, 0.2) is 14.3 Å². The molecule has 0 unspecified atom stereocenters. The fourth-order valence-electron chi connectivity index (χ4n) is 6.26. The predicted octanol–water partition coefficient (Wildman–Crippen LogP) is 14.7. The van der Waals surface area contributed by atoms with Gasteiger partial charge in [0.2, 0.25) is 0 Å². The molecule has 0 N–H and O–H groups in total. The van der Waals surface area contributed by atoms with Crippen molar-refractivity contribution < 1.29 is 0 Å². The van der Waals surface area contributed by atoms with Crippen LogP contribution in [0.3, 0.4) is 0 Å². The molecular formula is C36H84Cl2Ge2Si6. The summed E-state index contributed by atoms with van der Waals surface area (Å²) >= 11 is 19.0. The van der Waals surface area contributed by atoms with Gasteiger partial charge < -0.3 is 0 Å². The topological polar surface area (TPSA) is 0 Å². The van der Waals surface area contributed by atoms with E-state index < -0.39 is 29.5 Å². The molecule has 0 aliphatic rings. The minimum atomic E-state index is -1.77. The van der Waals surface area contributed by atoms with Crippen LogP contribution in [0.15, 0.2) is 0 Å². The second-order valence-corrected chi connectivity index (χ2v) is 63.5. The van der Waals surface area contributed by atoms with Crippen molar-refractivity contribution in [2.45, 2.75) is 233 Å². The molecule has 46 heavy (non-hydrogen) atoms. The summed E-state index contributed by atoms with van der Waals surface area (Å²) in [5.41, 5.74) is 0. The molecule has 274 valence electrons. The standard InChI is InChI=1S/C18H42Cl2Si4.2C9H21Si.Ge2/c1-15(2,3)23(13,16(4,5)6)21(19)22(20)24(14,17(7,8)9)18(10,11)12;2*1-8(2,3)10(7)9(4,5)6;1-2/h1-14H3;2*1-7H3;. The Morgan fingerprint density at radius 3 is 0.500 bits per heavy atom. The molecule has 0 amide bonds. The summed E-state index contributed by atoms with van der Waals surface area (Å²) in [5.74, 6) is 0. The molecular weight excluding hydrogens is 817 g/mol. The van der Waals surface area contributed by atoms with Gasteiger partial charge in [-0.3, -0.25) is 0 Å². The molecule has 0 aliphatic carbocycles. The Morgan fingerprint density at radius 2 is 0.457 bits per heavy atom. The van der Waals surface area contributed by atoms with Gasteiger partial charge in [0.25, 0.3) is 0 Å². The normalized spacial score (nSPS) is 14.8. The third kappa shape index (κ3) is 15.9. The second-order valence-electron chi connectivity index (χ2n) is 22.1. The first kappa shape index (κ1) is 55.7. The Labute approximate surface area is 327 Å². The first-order chi connectivity index (χ1) is 19.4. The SMILES string of the molecule is CC(C)(C)[Si](C)([Si](Cl)[Si](Cl)[Si](C)(C(C)(C)C)C(C)(C)C)C(C)(C)C.C[Si](C(C)(C)C)C(C)(C)C.C[Si](C(C)(C)C)C(C)(C)C.[Ge]=[Ge]. The maximum atomic E-state index is 7.52. The number of halogens is 2. The molecule has 0 heterocycles. The maximum absolute atomic E-state index is 7.52. The summed E-state index contributed by atoms with van der Waals surface area (Å²) in [7, 11) is -6.18. The van der Waals surface area contributed by atoms with Gasteiger partial charge in [0.05, 0.1) is 32.8 Å². The molecule has 0 rings (SSSR count). The third-order valence-electron chi connectivity index (χ3n) is 11.6. The molecule has 8 radical (unpaired) electrons. The van der Waals surface area contributed by atoms with Crippen LogP contribution in [0.25, 0.3) is 0 Å². The monoisotopic (exact) mass is 902 g/mol. The van der Waals surface area contributed by atoms with Crippen molar-refractivity contribution >= 4 is 97.2 Å². The van der Waals surface area contributed by atoms with Crippen molar-refractivity contribution in [2.75, 3.05) is 0 Å². The van der Waals surface area contributed by atoms with Crippen molar-refractivity contribution in [3.63, 3.8) is 0 Å². The van der Waals surface area contributed by atoms with Crippen molar-refractivity contribution in [2.24, 2.45) is 0 Å². The fraction of sp³-hybridized carbons (Fsp3) is 1.00. The van der Waals surface area contributed by atoms with E-state index in [0.29, 0.717) is 20.2 Å². The molecule has 0 aromatic heterocycles. The zero-order valence-electron chi connectivity index (χ0n) is 36.8. The zero-order valence-corrected chi connectivity index (χ0v) is 48.5. The van der Waals surface area contributed by atoms with Gasteiger partial charge in [-0.25, -0.2) is 0 Å². The summed E-state index contributed by atoms with van der Waals surface area (Å²) in [6.07, 6.45) is 0. The van der Waals surface area contributed by atoms with E-state index in [4.69, 9.17) is 22.2 Å². The van der Waals surface area contributed by atoms with Crippen LogP contribution in [0.5, 0.6) is 0 Å². The van der Waals surface area contributed by atoms with Gasteiger partial charge in [-0.1, -0.05) is 192 Å². The van der Waals surface area contributed by atoms with Crippen LogP contribution in [0, 0.1) is 0 Å². The number of rotatable bonds is 3. The Hall–Kier alpha value is 2.97. The molecule has 0 aliphatic heterocycles. The fourth-order valence-corrected chi connectivity index (χ4v) is 84.6. The molecule has 10 heteroatoms. The second kappa shape index (κ2) is 18.8. The van der Waals surface area contributed by atoms with Crippen molar-refractivity contribution in [1.82, 2.24) is 0 Å². The van der Waals surface area contributed by atoms with Crippen LogP contribution in [-0.2, 0) is 0 Å². The van der Waals surface area contributed by atoms with E-state index in [2.05, 4.69) is 192 Å². The zero-order chi connectivity index (χ0) is 39.3. The number of hydrogen-bond acceptors (Lipinski definition) is 0. The quantitative estimate of drug-likeness (QED) is 0.196. The van der Waals surface area contributed by atoms with Gasteiger partial charge in [-0.05, 0) is 40.3 Å². The van der Waals surface area contributed by atoms with E-state index in [9.17, 15) is 0 Å². The van der Waals surface area contributed by atoms with E-state index in [-0.39, 0.29) is 37.7 Å². The van der Waals surface area contributed by atoms with Crippen LogP contribution >= 0.6 is 22.2 Å². The Bertz CT molecular complexity index is 744. The Kier molecular flexibility index (Phi) is 22.8. The minimum absolute atomic E-state index is 0.221. The average molecular weight is 902 g/mol. The predicted molar refractivity (Wildman–Crippen MR) is 239 cm³/mol. The van der Waals surface area contributed by atoms with E-state index in [1.807, 2.05) is 28.0 Å². The number of hydrogen-bond donors (Lipinski definition) is 0. The van der Waals surface area contributed by atoms with Crippen molar-refractivity contribution in [3.05, 3.63) is 0 Å². The third-order valence-corrected chi connectivity index (χ3v) is 79.8. The van der Waals surface area contributed by atoms with Crippen LogP contribution in [0.2, 0.25) is 66.5 Å². The van der Waals surface area contributed by atoms with Crippen LogP contribution < -0.4 is 0 Å². The summed E-state index contributed by atoms with van der Waals surface area (Å²) in [5, 5.41) is 3.28. The van der Waals surface area contributed by atoms with Crippen LogP contribution in [-0.4, -0.2) is 75.1 Å². The van der Waals surface area contributed by atoms with Gasteiger partial charge in [-0.2, -0.15) is 22.2 Å². The van der Waals surface area contributed by atoms with E-state index in [1.54, 1.807) is 0 Å². The molecule has 0 spiro atoms. The molecule has 0 aromatic rings. The van der Waals surface area contributed by atoms with Crippen molar-refractivity contribution in [1.29, 1.82) is 0 Å². The summed E-state index contributed by atoms with van der Waals surface area (Å²) in [6.45, 7) is 67.2. The summed E-state index contributed by atoms with van der Waals surface area (Å²) < 4.78 is 0. The first-order valence-corrected chi connectivity index (χ1v) is 40.9. The van der Waals surface area contributed by atoms with Gasteiger partial charge in [-0.15, -0.1) is 0 Å². The van der Waals surface area contributed by atoms with Gasteiger partial charge in [0, 0.05) is 0 Å². The van der Waals surface area contributed by atoms with Crippen LogP contribution in [0.1, 0.15) is 166 Å².